The van der Waals surface area contributed by atoms with E-state index >= 15 is 0 Å². The molecule has 3 N–H and O–H groups in total. The average molecular weight is 430 g/mol. The first kappa shape index (κ1) is 23.3. The molecule has 0 unspecified atom stereocenters. The van der Waals surface area contributed by atoms with Crippen LogP contribution in [0.2, 0.25) is 0 Å². The Morgan fingerprint density at radius 1 is 0.967 bits per heavy atom. The molecule has 0 radical (unpaired) electrons. The highest BCUT2D eigenvalue weighted by molar-refractivity contribution is 7.80. The molecule has 30 heavy (non-hydrogen) atoms. The van der Waals surface area contributed by atoms with Crippen molar-refractivity contribution in [1.29, 1.82) is 0 Å². The first-order valence-electron chi connectivity index (χ1n) is 9.84. The summed E-state index contributed by atoms with van der Waals surface area (Å²) in [7, 11) is 0. The van der Waals surface area contributed by atoms with E-state index in [4.69, 9.17) is 21.7 Å². The van der Waals surface area contributed by atoms with Crippen molar-refractivity contribution < 1.29 is 19.1 Å². The summed E-state index contributed by atoms with van der Waals surface area (Å²) in [6.07, 6.45) is 1.27. The number of anilines is 2. The summed E-state index contributed by atoms with van der Waals surface area (Å²) in [4.78, 5) is 24.1. The molecule has 2 amide bonds. The van der Waals surface area contributed by atoms with Crippen molar-refractivity contribution in [3.05, 3.63) is 54.1 Å². The van der Waals surface area contributed by atoms with E-state index in [1.807, 2.05) is 13.8 Å². The molecule has 0 bridgehead atoms. The summed E-state index contributed by atoms with van der Waals surface area (Å²) < 4.78 is 10.8. The van der Waals surface area contributed by atoms with Crippen LogP contribution < -0.4 is 20.7 Å². The van der Waals surface area contributed by atoms with E-state index < -0.39 is 0 Å². The van der Waals surface area contributed by atoms with Crippen molar-refractivity contribution in [3.63, 3.8) is 0 Å². The second-order valence-corrected chi connectivity index (χ2v) is 6.77. The number of benzene rings is 2. The third kappa shape index (κ3) is 8.18. The molecule has 0 spiro atoms. The summed E-state index contributed by atoms with van der Waals surface area (Å²) in [6.45, 7) is 5.40. The van der Waals surface area contributed by atoms with Crippen LogP contribution in [0.5, 0.6) is 5.75 Å². The maximum atomic E-state index is 12.4. The van der Waals surface area contributed by atoms with Crippen LogP contribution in [0.25, 0.3) is 0 Å². The minimum atomic E-state index is -0.341. The Hall–Kier alpha value is -2.97. The number of thiocarbonyl (C=S) groups is 1. The Morgan fingerprint density at radius 3 is 2.33 bits per heavy atom. The zero-order valence-electron chi connectivity index (χ0n) is 17.2. The fraction of sp³-hybridized carbons (Fsp3) is 0.318. The van der Waals surface area contributed by atoms with Gasteiger partial charge in [-0.1, -0.05) is 13.0 Å². The van der Waals surface area contributed by atoms with Gasteiger partial charge >= 0.3 is 0 Å². The van der Waals surface area contributed by atoms with Gasteiger partial charge in [-0.15, -0.1) is 0 Å². The Morgan fingerprint density at radius 2 is 1.67 bits per heavy atom. The molecular weight excluding hydrogens is 402 g/mol. The molecule has 2 aromatic rings. The minimum Gasteiger partial charge on any atom is -0.491 e. The van der Waals surface area contributed by atoms with Gasteiger partial charge in [0, 0.05) is 30.0 Å². The Labute approximate surface area is 182 Å². The molecule has 7 nitrogen and oxygen atoms in total. The number of hydrogen-bond acceptors (Lipinski definition) is 5. The first-order chi connectivity index (χ1) is 14.5. The molecular formula is C22H27N3O4S. The molecule has 8 heteroatoms. The number of ether oxygens (including phenoxy) is 2. The zero-order chi connectivity index (χ0) is 21.8. The van der Waals surface area contributed by atoms with Gasteiger partial charge in [0.15, 0.2) is 5.11 Å². The van der Waals surface area contributed by atoms with E-state index in [0.29, 0.717) is 48.9 Å². The van der Waals surface area contributed by atoms with Gasteiger partial charge in [-0.05, 0) is 68.0 Å². The van der Waals surface area contributed by atoms with E-state index in [-0.39, 0.29) is 16.9 Å². The third-order valence-corrected chi connectivity index (χ3v) is 4.13. The Balaban J connectivity index is 1.85. The highest BCUT2D eigenvalue weighted by Gasteiger charge is 2.09. The number of amides is 2. The smallest absolute Gasteiger partial charge is 0.257 e. The molecule has 0 atom stereocenters. The fourth-order valence-corrected chi connectivity index (χ4v) is 2.73. The monoisotopic (exact) mass is 429 g/mol. The lowest BCUT2D eigenvalue weighted by Crippen LogP contribution is -2.34. The maximum absolute atomic E-state index is 12.4. The molecule has 0 aliphatic carbocycles. The van der Waals surface area contributed by atoms with Crippen molar-refractivity contribution in [2.45, 2.75) is 26.7 Å². The van der Waals surface area contributed by atoms with Crippen LogP contribution in [0.3, 0.4) is 0 Å². The van der Waals surface area contributed by atoms with Gasteiger partial charge < -0.3 is 20.1 Å². The molecule has 160 valence electrons. The van der Waals surface area contributed by atoms with Gasteiger partial charge in [0.1, 0.15) is 12.4 Å². The van der Waals surface area contributed by atoms with Crippen molar-refractivity contribution in [2.24, 2.45) is 0 Å². The number of rotatable bonds is 10. The van der Waals surface area contributed by atoms with Gasteiger partial charge in [-0.2, -0.15) is 0 Å². The van der Waals surface area contributed by atoms with Crippen LogP contribution in [0.1, 0.15) is 37.0 Å². The predicted molar refractivity (Wildman–Crippen MR) is 122 cm³/mol. The molecule has 2 rings (SSSR count). The molecule has 0 saturated carbocycles. The van der Waals surface area contributed by atoms with Gasteiger partial charge in [-0.25, -0.2) is 0 Å². The van der Waals surface area contributed by atoms with E-state index in [9.17, 15) is 9.59 Å². The third-order valence-electron chi connectivity index (χ3n) is 3.93. The quantitative estimate of drug-likeness (QED) is 0.391. The summed E-state index contributed by atoms with van der Waals surface area (Å²) in [5.74, 6) is 0.221. The predicted octanol–water partition coefficient (Wildman–Crippen LogP) is 3.97. The Kier molecular flexibility index (Phi) is 9.76. The summed E-state index contributed by atoms with van der Waals surface area (Å²) >= 11 is 5.22. The SMILES string of the molecule is CCCC(=O)Nc1ccc(NC(=S)NC(=O)c2cccc(OCCOCC)c2)cc1. The molecule has 0 aliphatic rings. The summed E-state index contributed by atoms with van der Waals surface area (Å²) in [5.41, 5.74) is 1.83. The van der Waals surface area contributed by atoms with Crippen LogP contribution >= 0.6 is 12.2 Å². The largest absolute Gasteiger partial charge is 0.491 e. The van der Waals surface area contributed by atoms with E-state index in [1.165, 1.54) is 0 Å². The highest BCUT2D eigenvalue weighted by Crippen LogP contribution is 2.15. The normalized spacial score (nSPS) is 10.2. The van der Waals surface area contributed by atoms with E-state index in [1.54, 1.807) is 48.5 Å². The molecule has 0 heterocycles. The molecule has 0 aromatic heterocycles. The topological polar surface area (TPSA) is 88.7 Å². The molecule has 0 aliphatic heterocycles. The van der Waals surface area contributed by atoms with Crippen LogP contribution in [0.4, 0.5) is 11.4 Å². The summed E-state index contributed by atoms with van der Waals surface area (Å²) in [5, 5.41) is 8.58. The van der Waals surface area contributed by atoms with Crippen LogP contribution in [0, 0.1) is 0 Å². The van der Waals surface area contributed by atoms with E-state index in [0.717, 1.165) is 6.42 Å². The van der Waals surface area contributed by atoms with Crippen molar-refractivity contribution in [1.82, 2.24) is 5.32 Å². The zero-order valence-corrected chi connectivity index (χ0v) is 18.0. The molecule has 0 fully saturated rings. The van der Waals surface area contributed by atoms with Crippen molar-refractivity contribution in [3.8, 4) is 5.75 Å². The first-order valence-corrected chi connectivity index (χ1v) is 10.3. The van der Waals surface area contributed by atoms with Gasteiger partial charge in [-0.3, -0.25) is 14.9 Å². The Bertz CT molecular complexity index is 856. The molecule has 0 saturated heterocycles. The van der Waals surface area contributed by atoms with Crippen LogP contribution in [-0.4, -0.2) is 36.7 Å². The number of nitrogens with one attached hydrogen (secondary N) is 3. The second kappa shape index (κ2) is 12.6. The average Bonchev–Trinajstić information content (AvgIpc) is 2.73. The van der Waals surface area contributed by atoms with Crippen LogP contribution in [-0.2, 0) is 9.53 Å². The van der Waals surface area contributed by atoms with Gasteiger partial charge in [0.2, 0.25) is 5.91 Å². The fourth-order valence-electron chi connectivity index (χ4n) is 2.51. The van der Waals surface area contributed by atoms with Gasteiger partial charge in [0.25, 0.3) is 5.91 Å². The van der Waals surface area contributed by atoms with Crippen molar-refractivity contribution >= 4 is 40.5 Å². The number of carbonyl (C=O) groups is 2. The highest BCUT2D eigenvalue weighted by atomic mass is 32.1. The lowest BCUT2D eigenvalue weighted by Gasteiger charge is -2.11. The molecule has 2 aromatic carbocycles. The second-order valence-electron chi connectivity index (χ2n) is 6.36. The number of hydrogen-bond donors (Lipinski definition) is 3. The summed E-state index contributed by atoms with van der Waals surface area (Å²) in [6, 6.07) is 13.9. The minimum absolute atomic E-state index is 0.0231. The van der Waals surface area contributed by atoms with Gasteiger partial charge in [0.05, 0.1) is 6.61 Å². The lowest BCUT2D eigenvalue weighted by atomic mass is 10.2. The van der Waals surface area contributed by atoms with E-state index in [2.05, 4.69) is 16.0 Å². The van der Waals surface area contributed by atoms with Crippen molar-refractivity contribution in [2.75, 3.05) is 30.5 Å². The number of carbonyl (C=O) groups excluding carboxylic acids is 2. The maximum Gasteiger partial charge on any atom is 0.257 e. The lowest BCUT2D eigenvalue weighted by molar-refractivity contribution is -0.116. The van der Waals surface area contributed by atoms with Crippen LogP contribution in [0.15, 0.2) is 48.5 Å². The standard InChI is InChI=1S/C22H27N3O4S/c1-3-6-20(26)23-17-9-11-18(12-10-17)24-22(30)25-21(27)16-7-5-8-19(15-16)29-14-13-28-4-2/h5,7-12,15H,3-4,6,13-14H2,1-2H3,(H,23,26)(H2,24,25,27,30).